The Labute approximate surface area is 184 Å². The van der Waals surface area contributed by atoms with Crippen LogP contribution in [0, 0.1) is 0 Å². The Balaban J connectivity index is 2.31. The number of allylic oxidation sites excluding steroid dienone is 1. The third-order valence-corrected chi connectivity index (χ3v) is 5.60. The van der Waals surface area contributed by atoms with Crippen molar-refractivity contribution in [1.29, 1.82) is 0 Å². The van der Waals surface area contributed by atoms with E-state index in [0.717, 1.165) is 52.2 Å². The smallest absolute Gasteiger partial charge is 0.189 e. The van der Waals surface area contributed by atoms with E-state index in [9.17, 15) is 0 Å². The number of benzene rings is 1. The summed E-state index contributed by atoms with van der Waals surface area (Å²) in [6.07, 6.45) is 3.12. The normalized spacial score (nSPS) is 11.3. The highest BCUT2D eigenvalue weighted by Gasteiger charge is 2.20. The molecule has 1 heterocycles. The van der Waals surface area contributed by atoms with Gasteiger partial charge in [-0.2, -0.15) is 0 Å². The highest BCUT2D eigenvalue weighted by atomic mass is 32.1. The lowest BCUT2D eigenvalue weighted by Crippen LogP contribution is -2.30. The quantitative estimate of drug-likeness (QED) is 0.321. The van der Waals surface area contributed by atoms with Crippen molar-refractivity contribution in [2.75, 3.05) is 38.7 Å². The number of ether oxygens (including phenoxy) is 2. The molecule has 1 N–H and O–H groups in total. The molecule has 0 saturated heterocycles. The van der Waals surface area contributed by atoms with Gasteiger partial charge in [0.15, 0.2) is 5.13 Å². The number of nitrogens with zero attached hydrogens (tertiary/aromatic N) is 2. The fourth-order valence-corrected chi connectivity index (χ4v) is 4.16. The van der Waals surface area contributed by atoms with Crippen LogP contribution in [0.4, 0.5) is 5.13 Å². The van der Waals surface area contributed by atoms with E-state index in [1.165, 1.54) is 0 Å². The molecule has 6 heteroatoms. The first kappa shape index (κ1) is 23.7. The Bertz CT molecular complexity index is 859. The molecule has 0 aliphatic carbocycles. The molecule has 0 spiro atoms. The van der Waals surface area contributed by atoms with Crippen molar-refractivity contribution in [2.45, 2.75) is 27.2 Å². The van der Waals surface area contributed by atoms with E-state index in [1.807, 2.05) is 32.0 Å². The van der Waals surface area contributed by atoms with Gasteiger partial charge in [-0.15, -0.1) is 0 Å². The minimum atomic E-state index is 0.539. The molecule has 0 atom stereocenters. The Morgan fingerprint density at radius 3 is 2.53 bits per heavy atom. The largest absolute Gasteiger partial charge is 0.495 e. The standard InChI is InChI=1S/C24H33N3O2S/c1-7-15-27(16-17-29-9-3)19(5)25-24-26-22(18(4)28-6)23(30-24)21(8-2)20-13-11-10-12-14-20/h8,10-14H,4-5,7,9,15-17H2,1-3,6H3,(H,25,26)/b21-8-. The van der Waals surface area contributed by atoms with E-state index < -0.39 is 0 Å². The van der Waals surface area contributed by atoms with Crippen molar-refractivity contribution >= 4 is 27.8 Å². The molecule has 5 nitrogen and oxygen atoms in total. The van der Waals surface area contributed by atoms with Gasteiger partial charge in [-0.25, -0.2) is 4.98 Å². The maximum Gasteiger partial charge on any atom is 0.189 e. The predicted molar refractivity (Wildman–Crippen MR) is 128 cm³/mol. The average Bonchev–Trinajstić information content (AvgIpc) is 3.17. The van der Waals surface area contributed by atoms with Crippen molar-refractivity contribution in [3.05, 3.63) is 71.5 Å². The van der Waals surface area contributed by atoms with Gasteiger partial charge in [-0.05, 0) is 31.4 Å². The first-order chi connectivity index (χ1) is 14.5. The molecule has 0 aliphatic heterocycles. The highest BCUT2D eigenvalue weighted by molar-refractivity contribution is 7.17. The van der Waals surface area contributed by atoms with Gasteiger partial charge in [0.05, 0.1) is 18.6 Å². The van der Waals surface area contributed by atoms with E-state index in [1.54, 1.807) is 18.4 Å². The van der Waals surface area contributed by atoms with E-state index in [2.05, 4.69) is 48.5 Å². The van der Waals surface area contributed by atoms with Crippen LogP contribution in [0.2, 0.25) is 0 Å². The number of anilines is 1. The Morgan fingerprint density at radius 2 is 1.93 bits per heavy atom. The number of nitrogens with one attached hydrogen (secondary N) is 1. The summed E-state index contributed by atoms with van der Waals surface area (Å²) in [4.78, 5) is 7.98. The third-order valence-electron chi connectivity index (χ3n) is 4.59. The maximum atomic E-state index is 5.52. The molecule has 0 fully saturated rings. The zero-order valence-corrected chi connectivity index (χ0v) is 19.3. The molecule has 0 bridgehead atoms. The van der Waals surface area contributed by atoms with Crippen LogP contribution < -0.4 is 5.32 Å². The van der Waals surface area contributed by atoms with Gasteiger partial charge in [-0.3, -0.25) is 0 Å². The number of aromatic nitrogens is 1. The Kier molecular flexibility index (Phi) is 9.64. The Morgan fingerprint density at radius 1 is 1.20 bits per heavy atom. The number of hydrogen-bond donors (Lipinski definition) is 1. The zero-order chi connectivity index (χ0) is 21.9. The number of thiazole rings is 1. The van der Waals surface area contributed by atoms with Crippen molar-refractivity contribution in [1.82, 2.24) is 9.88 Å². The molecular weight excluding hydrogens is 394 g/mol. The van der Waals surface area contributed by atoms with E-state index in [4.69, 9.17) is 14.5 Å². The minimum absolute atomic E-state index is 0.539. The monoisotopic (exact) mass is 427 g/mol. The molecule has 0 radical (unpaired) electrons. The average molecular weight is 428 g/mol. The third kappa shape index (κ3) is 6.21. The summed E-state index contributed by atoms with van der Waals surface area (Å²) in [6, 6.07) is 10.3. The number of hydrogen-bond acceptors (Lipinski definition) is 6. The SMILES string of the molecule is C=C(OC)c1nc(NC(=C)N(CCC)CCOCC)sc1/C(=C\C)c1ccccc1. The number of methoxy groups -OCH3 is 1. The van der Waals surface area contributed by atoms with Crippen LogP contribution in [0.3, 0.4) is 0 Å². The molecule has 2 aromatic rings. The van der Waals surface area contributed by atoms with Crippen LogP contribution in [0.25, 0.3) is 11.3 Å². The molecule has 162 valence electrons. The topological polar surface area (TPSA) is 46.6 Å². The van der Waals surface area contributed by atoms with E-state index in [0.29, 0.717) is 19.0 Å². The van der Waals surface area contributed by atoms with Gasteiger partial charge in [0.1, 0.15) is 17.3 Å². The van der Waals surface area contributed by atoms with Crippen molar-refractivity contribution in [2.24, 2.45) is 0 Å². The summed E-state index contributed by atoms with van der Waals surface area (Å²) in [5.41, 5.74) is 2.97. The molecular formula is C24H33N3O2S. The van der Waals surface area contributed by atoms with E-state index in [-0.39, 0.29) is 0 Å². The van der Waals surface area contributed by atoms with Crippen LogP contribution >= 0.6 is 11.3 Å². The van der Waals surface area contributed by atoms with Crippen molar-refractivity contribution in [3.63, 3.8) is 0 Å². The van der Waals surface area contributed by atoms with Gasteiger partial charge < -0.3 is 19.7 Å². The van der Waals surface area contributed by atoms with Crippen LogP contribution in [0.1, 0.15) is 43.3 Å². The van der Waals surface area contributed by atoms with Crippen LogP contribution in [-0.2, 0) is 9.47 Å². The lowest BCUT2D eigenvalue weighted by atomic mass is 10.0. The van der Waals surface area contributed by atoms with Gasteiger partial charge in [0, 0.05) is 19.7 Å². The fourth-order valence-electron chi connectivity index (χ4n) is 3.06. The second-order valence-corrected chi connectivity index (χ2v) is 7.65. The summed E-state index contributed by atoms with van der Waals surface area (Å²) < 4.78 is 10.9. The van der Waals surface area contributed by atoms with Crippen LogP contribution in [0.5, 0.6) is 0 Å². The van der Waals surface area contributed by atoms with Gasteiger partial charge in [0.2, 0.25) is 0 Å². The predicted octanol–water partition coefficient (Wildman–Crippen LogP) is 5.84. The van der Waals surface area contributed by atoms with Crippen LogP contribution in [-0.4, -0.2) is 43.3 Å². The highest BCUT2D eigenvalue weighted by Crippen LogP contribution is 2.37. The summed E-state index contributed by atoms with van der Waals surface area (Å²) in [5, 5.41) is 4.14. The lowest BCUT2D eigenvalue weighted by molar-refractivity contribution is 0.125. The summed E-state index contributed by atoms with van der Waals surface area (Å²) in [5.74, 6) is 1.35. The molecule has 2 rings (SSSR count). The van der Waals surface area contributed by atoms with Crippen molar-refractivity contribution < 1.29 is 9.47 Å². The first-order valence-corrected chi connectivity index (χ1v) is 11.1. The molecule has 0 amide bonds. The van der Waals surface area contributed by atoms with Gasteiger partial charge in [0.25, 0.3) is 0 Å². The first-order valence-electron chi connectivity index (χ1n) is 10.3. The lowest BCUT2D eigenvalue weighted by Gasteiger charge is -2.26. The van der Waals surface area contributed by atoms with Crippen LogP contribution in [0.15, 0.2) is 55.4 Å². The van der Waals surface area contributed by atoms with Crippen molar-refractivity contribution in [3.8, 4) is 0 Å². The second-order valence-electron chi connectivity index (χ2n) is 6.65. The molecule has 1 aromatic heterocycles. The van der Waals surface area contributed by atoms with Gasteiger partial charge >= 0.3 is 0 Å². The molecule has 0 saturated carbocycles. The molecule has 1 aromatic carbocycles. The molecule has 0 aliphatic rings. The molecule has 30 heavy (non-hydrogen) atoms. The van der Waals surface area contributed by atoms with Gasteiger partial charge in [-0.1, -0.05) is 67.8 Å². The number of rotatable bonds is 13. The maximum absolute atomic E-state index is 5.52. The summed E-state index contributed by atoms with van der Waals surface area (Å²) in [7, 11) is 1.62. The zero-order valence-electron chi connectivity index (χ0n) is 18.5. The fraction of sp³-hybridized carbons (Fsp3) is 0.375. The summed E-state index contributed by atoms with van der Waals surface area (Å²) in [6.45, 7) is 17.5. The Hall–Kier alpha value is -2.57. The second kappa shape index (κ2) is 12.2. The van der Waals surface area contributed by atoms with E-state index >= 15 is 0 Å². The minimum Gasteiger partial charge on any atom is -0.495 e. The molecule has 0 unspecified atom stereocenters. The summed E-state index contributed by atoms with van der Waals surface area (Å²) >= 11 is 1.57.